The summed E-state index contributed by atoms with van der Waals surface area (Å²) in [5, 5.41) is 2.84. The minimum Gasteiger partial charge on any atom is -0.377 e. The van der Waals surface area contributed by atoms with Crippen molar-refractivity contribution in [1.29, 1.82) is 0 Å². The summed E-state index contributed by atoms with van der Waals surface area (Å²) in [6.45, 7) is 4.99. The lowest BCUT2D eigenvalue weighted by Crippen LogP contribution is -2.49. The van der Waals surface area contributed by atoms with Gasteiger partial charge >= 0.3 is 0 Å². The van der Waals surface area contributed by atoms with Crippen LogP contribution in [0.3, 0.4) is 0 Å². The molecule has 0 saturated carbocycles. The van der Waals surface area contributed by atoms with Gasteiger partial charge in [-0.25, -0.2) is 0 Å². The number of carbonyl (C=O) groups is 1. The van der Waals surface area contributed by atoms with Crippen LogP contribution in [-0.4, -0.2) is 43.8 Å². The van der Waals surface area contributed by atoms with Crippen LogP contribution in [-0.2, 0) is 15.4 Å². The van der Waals surface area contributed by atoms with E-state index >= 15 is 0 Å². The molecule has 5 rings (SSSR count). The van der Waals surface area contributed by atoms with Crippen molar-refractivity contribution >= 4 is 17.3 Å². The molecule has 8 heteroatoms. The zero-order valence-electron chi connectivity index (χ0n) is 20.6. The molecule has 1 aromatic heterocycles. The number of nitrogens with one attached hydrogen (secondary N) is 1. The van der Waals surface area contributed by atoms with E-state index in [0.717, 1.165) is 48.3 Å². The van der Waals surface area contributed by atoms with Crippen molar-refractivity contribution in [3.05, 3.63) is 77.1 Å². The van der Waals surface area contributed by atoms with E-state index in [2.05, 4.69) is 33.4 Å². The van der Waals surface area contributed by atoms with Crippen LogP contribution in [0.5, 0.6) is 0 Å². The summed E-state index contributed by atoms with van der Waals surface area (Å²) >= 11 is 0. The second-order valence-corrected chi connectivity index (χ2v) is 9.46. The third kappa shape index (κ3) is 4.70. The predicted octanol–water partition coefficient (Wildman–Crippen LogP) is 5.72. The molecule has 2 aromatic carbocycles. The third-order valence-corrected chi connectivity index (χ3v) is 6.96. The average Bonchev–Trinajstić information content (AvgIpc) is 2.88. The Labute approximate surface area is 209 Å². The SMILES string of the molecule is CO[C@H]1C[C@H]2COCCN2c2cc(-c3cc(NC(=O)c4ccnc(C(C)(F)F)c4)ccc3C)ccc21. The minimum absolute atomic E-state index is 0.0180. The molecule has 1 saturated heterocycles. The molecule has 1 N–H and O–H groups in total. The van der Waals surface area contributed by atoms with Gasteiger partial charge in [0, 0.05) is 55.7 Å². The number of anilines is 2. The molecule has 1 amide bonds. The number of aromatic nitrogens is 1. The summed E-state index contributed by atoms with van der Waals surface area (Å²) in [5.41, 5.74) is 5.66. The monoisotopic (exact) mass is 493 g/mol. The second-order valence-electron chi connectivity index (χ2n) is 9.46. The van der Waals surface area contributed by atoms with E-state index in [1.165, 1.54) is 17.8 Å². The number of pyridine rings is 1. The van der Waals surface area contributed by atoms with Gasteiger partial charge in [-0.05, 0) is 53.9 Å². The van der Waals surface area contributed by atoms with Crippen molar-refractivity contribution in [2.24, 2.45) is 0 Å². The number of ether oxygens (including phenoxy) is 2. The Balaban J connectivity index is 1.45. The largest absolute Gasteiger partial charge is 0.377 e. The smallest absolute Gasteiger partial charge is 0.286 e. The van der Waals surface area contributed by atoms with E-state index < -0.39 is 17.5 Å². The molecule has 1 fully saturated rings. The fraction of sp³-hybridized carbons (Fsp3) is 0.357. The minimum atomic E-state index is -3.12. The van der Waals surface area contributed by atoms with Gasteiger partial charge in [-0.2, -0.15) is 8.78 Å². The lowest BCUT2D eigenvalue weighted by atomic mass is 9.89. The van der Waals surface area contributed by atoms with Gasteiger partial charge in [-0.3, -0.25) is 9.78 Å². The van der Waals surface area contributed by atoms with Crippen LogP contribution < -0.4 is 10.2 Å². The highest BCUT2D eigenvalue weighted by Crippen LogP contribution is 2.42. The normalized spacial score (nSPS) is 19.4. The first kappa shape index (κ1) is 24.3. The number of methoxy groups -OCH3 is 1. The lowest BCUT2D eigenvalue weighted by Gasteiger charge is -2.44. The fourth-order valence-electron chi connectivity index (χ4n) is 5.02. The average molecular weight is 494 g/mol. The summed E-state index contributed by atoms with van der Waals surface area (Å²) in [7, 11) is 1.74. The summed E-state index contributed by atoms with van der Waals surface area (Å²) in [5.74, 6) is -3.59. The van der Waals surface area contributed by atoms with Gasteiger partial charge in [-0.15, -0.1) is 0 Å². The van der Waals surface area contributed by atoms with Crippen LogP contribution in [0.1, 0.15) is 46.6 Å². The van der Waals surface area contributed by atoms with E-state index in [-0.39, 0.29) is 17.7 Å². The lowest BCUT2D eigenvalue weighted by molar-refractivity contribution is 0.0127. The van der Waals surface area contributed by atoms with Gasteiger partial charge in [0.25, 0.3) is 11.8 Å². The maximum Gasteiger partial charge on any atom is 0.286 e. The van der Waals surface area contributed by atoms with Gasteiger partial charge in [-0.1, -0.05) is 18.2 Å². The van der Waals surface area contributed by atoms with Crippen LogP contribution in [0.2, 0.25) is 0 Å². The summed E-state index contributed by atoms with van der Waals surface area (Å²) in [6.07, 6.45) is 2.13. The number of rotatable bonds is 5. The number of alkyl halides is 2. The highest BCUT2D eigenvalue weighted by Gasteiger charge is 2.35. The molecule has 3 heterocycles. The molecule has 6 nitrogen and oxygen atoms in total. The van der Waals surface area contributed by atoms with Gasteiger partial charge in [0.2, 0.25) is 0 Å². The Morgan fingerprint density at radius 1 is 1.19 bits per heavy atom. The molecule has 0 radical (unpaired) electrons. The van der Waals surface area contributed by atoms with Crippen LogP contribution >= 0.6 is 0 Å². The van der Waals surface area contributed by atoms with E-state index in [1.807, 2.05) is 25.1 Å². The molecule has 188 valence electrons. The van der Waals surface area contributed by atoms with E-state index in [0.29, 0.717) is 18.9 Å². The Bertz CT molecular complexity index is 1290. The van der Waals surface area contributed by atoms with Crippen molar-refractivity contribution in [3.8, 4) is 11.1 Å². The molecule has 0 unspecified atom stereocenters. The maximum atomic E-state index is 13.7. The third-order valence-electron chi connectivity index (χ3n) is 6.96. The van der Waals surface area contributed by atoms with E-state index in [4.69, 9.17) is 9.47 Å². The summed E-state index contributed by atoms with van der Waals surface area (Å²) < 4.78 is 38.8. The molecule has 0 spiro atoms. The topological polar surface area (TPSA) is 63.7 Å². The zero-order valence-corrected chi connectivity index (χ0v) is 20.6. The number of halogens is 2. The molecular weight excluding hydrogens is 464 g/mol. The molecule has 2 aliphatic heterocycles. The quantitative estimate of drug-likeness (QED) is 0.493. The number of fused-ring (bicyclic) bond motifs is 3. The Morgan fingerprint density at radius 3 is 2.81 bits per heavy atom. The Kier molecular flexibility index (Phi) is 6.49. The fourth-order valence-corrected chi connectivity index (χ4v) is 5.02. The first-order chi connectivity index (χ1) is 17.2. The molecular formula is C28H29F2N3O3. The van der Waals surface area contributed by atoms with Gasteiger partial charge in [0.15, 0.2) is 0 Å². The highest BCUT2D eigenvalue weighted by molar-refractivity contribution is 6.04. The van der Waals surface area contributed by atoms with Crippen molar-refractivity contribution in [2.45, 2.75) is 38.3 Å². The van der Waals surface area contributed by atoms with Crippen LogP contribution in [0, 0.1) is 6.92 Å². The number of aryl methyl sites for hydroxylation is 1. The summed E-state index contributed by atoms with van der Waals surface area (Å²) in [6, 6.07) is 14.9. The number of carbonyl (C=O) groups excluding carboxylic acids is 1. The van der Waals surface area contributed by atoms with Crippen molar-refractivity contribution < 1.29 is 23.0 Å². The Morgan fingerprint density at radius 2 is 2.03 bits per heavy atom. The molecule has 3 aromatic rings. The van der Waals surface area contributed by atoms with Crippen molar-refractivity contribution in [1.82, 2.24) is 4.98 Å². The molecule has 0 bridgehead atoms. The van der Waals surface area contributed by atoms with E-state index in [9.17, 15) is 13.6 Å². The first-order valence-corrected chi connectivity index (χ1v) is 12.0. The maximum absolute atomic E-state index is 13.7. The molecule has 0 aliphatic carbocycles. The van der Waals surface area contributed by atoms with Crippen molar-refractivity contribution in [2.75, 3.05) is 37.1 Å². The number of amides is 1. The van der Waals surface area contributed by atoms with Crippen LogP contribution in [0.25, 0.3) is 11.1 Å². The van der Waals surface area contributed by atoms with Gasteiger partial charge < -0.3 is 19.7 Å². The molecule has 2 atom stereocenters. The zero-order chi connectivity index (χ0) is 25.4. The predicted molar refractivity (Wildman–Crippen MR) is 135 cm³/mol. The van der Waals surface area contributed by atoms with Crippen LogP contribution in [0.4, 0.5) is 20.2 Å². The number of nitrogens with zero attached hydrogens (tertiary/aromatic N) is 2. The number of hydrogen-bond acceptors (Lipinski definition) is 5. The first-order valence-electron chi connectivity index (χ1n) is 12.0. The van der Waals surface area contributed by atoms with Gasteiger partial charge in [0.05, 0.1) is 25.4 Å². The van der Waals surface area contributed by atoms with E-state index in [1.54, 1.807) is 7.11 Å². The number of morpholine rings is 1. The van der Waals surface area contributed by atoms with Crippen LogP contribution in [0.15, 0.2) is 54.7 Å². The number of hydrogen-bond donors (Lipinski definition) is 1. The summed E-state index contributed by atoms with van der Waals surface area (Å²) in [4.78, 5) is 18.9. The highest BCUT2D eigenvalue weighted by atomic mass is 19.3. The van der Waals surface area contributed by atoms with Crippen molar-refractivity contribution in [3.63, 3.8) is 0 Å². The second kappa shape index (κ2) is 9.59. The standard InChI is InChI=1S/C28H29F2N3O3/c1-17-4-6-20(32-27(34)19-8-9-31-26(13-19)28(2,29)30)14-23(17)18-5-7-22-24(12-18)33-10-11-36-16-21(33)15-25(22)35-3/h4-9,12-14,21,25H,10-11,15-16H2,1-3H3,(H,32,34)/t21-,25-/m0/s1. The molecule has 2 aliphatic rings. The van der Waals surface area contributed by atoms with Gasteiger partial charge in [0.1, 0.15) is 5.69 Å². The Hall–Kier alpha value is -3.36. The molecule has 36 heavy (non-hydrogen) atoms. The number of benzene rings is 2.